The normalized spacial score (nSPS) is 20.9. The monoisotopic (exact) mass is 200 g/mol. The van der Waals surface area contributed by atoms with Crippen molar-refractivity contribution < 1.29 is 9.47 Å². The van der Waals surface area contributed by atoms with Gasteiger partial charge in [0, 0.05) is 7.11 Å². The molecule has 3 N–H and O–H groups in total. The van der Waals surface area contributed by atoms with E-state index in [1.165, 1.54) is 0 Å². The Morgan fingerprint density at radius 1 is 1.71 bits per heavy atom. The summed E-state index contributed by atoms with van der Waals surface area (Å²) in [5, 5.41) is 0. The third kappa shape index (κ3) is 3.29. The van der Waals surface area contributed by atoms with Gasteiger partial charge >= 0.3 is 0 Å². The number of nitrogens with one attached hydrogen (secondary N) is 1. The largest absolute Gasteiger partial charge is 0.497 e. The molecule has 4 heteroatoms. The van der Waals surface area contributed by atoms with Gasteiger partial charge in [-0.3, -0.25) is 5.84 Å². The van der Waals surface area contributed by atoms with Crippen LogP contribution in [-0.2, 0) is 9.47 Å². The van der Waals surface area contributed by atoms with Crippen molar-refractivity contribution in [3.63, 3.8) is 0 Å². The highest BCUT2D eigenvalue weighted by atomic mass is 16.5. The van der Waals surface area contributed by atoms with Crippen molar-refractivity contribution in [2.75, 3.05) is 13.7 Å². The van der Waals surface area contributed by atoms with E-state index in [4.69, 9.17) is 15.3 Å². The molecule has 82 valence electrons. The summed E-state index contributed by atoms with van der Waals surface area (Å²) in [4.78, 5) is 0. The summed E-state index contributed by atoms with van der Waals surface area (Å²) in [6, 6.07) is 0.0743. The number of hydrogen-bond acceptors (Lipinski definition) is 4. The number of ether oxygens (including phenoxy) is 2. The predicted octanol–water partition coefficient (Wildman–Crippen LogP) is 0.938. The molecule has 0 saturated carbocycles. The number of allylic oxidation sites excluding steroid dienone is 1. The number of nitrogens with two attached hydrogens (primary N) is 1. The molecule has 0 bridgehead atoms. The molecule has 14 heavy (non-hydrogen) atoms. The Morgan fingerprint density at radius 2 is 2.50 bits per heavy atom. The summed E-state index contributed by atoms with van der Waals surface area (Å²) in [7, 11) is 1.70. The van der Waals surface area contributed by atoms with Gasteiger partial charge in [-0.15, -0.1) is 0 Å². The summed E-state index contributed by atoms with van der Waals surface area (Å²) >= 11 is 0. The zero-order valence-electron chi connectivity index (χ0n) is 8.95. The molecule has 1 aliphatic rings. The number of rotatable bonds is 5. The van der Waals surface area contributed by atoms with E-state index in [9.17, 15) is 0 Å². The lowest BCUT2D eigenvalue weighted by Gasteiger charge is -2.24. The Morgan fingerprint density at radius 3 is 3.00 bits per heavy atom. The Labute approximate surface area is 85.4 Å². The van der Waals surface area contributed by atoms with E-state index in [1.807, 2.05) is 6.92 Å². The lowest BCUT2D eigenvalue weighted by Crippen LogP contribution is -2.40. The lowest BCUT2D eigenvalue weighted by molar-refractivity contribution is 0.0890. The molecule has 1 rings (SSSR count). The van der Waals surface area contributed by atoms with E-state index in [-0.39, 0.29) is 12.1 Å². The highest BCUT2D eigenvalue weighted by Crippen LogP contribution is 2.17. The SMILES string of the molecule is COC(C)CC(NN)C1=CCCCO1. The zero-order chi connectivity index (χ0) is 10.4. The summed E-state index contributed by atoms with van der Waals surface area (Å²) in [5.41, 5.74) is 2.76. The van der Waals surface area contributed by atoms with Crippen LogP contribution in [0.4, 0.5) is 0 Å². The molecule has 0 amide bonds. The average Bonchev–Trinajstić information content (AvgIpc) is 2.26. The highest BCUT2D eigenvalue weighted by molar-refractivity contribution is 5.05. The lowest BCUT2D eigenvalue weighted by atomic mass is 10.1. The molecule has 4 nitrogen and oxygen atoms in total. The van der Waals surface area contributed by atoms with Crippen LogP contribution < -0.4 is 11.3 Å². The molecule has 1 aliphatic heterocycles. The molecular weight excluding hydrogens is 180 g/mol. The second-order valence-corrected chi connectivity index (χ2v) is 3.60. The smallest absolute Gasteiger partial charge is 0.110 e. The first kappa shape index (κ1) is 11.5. The maximum Gasteiger partial charge on any atom is 0.110 e. The first-order chi connectivity index (χ1) is 6.77. The molecular formula is C10H20N2O2. The molecule has 0 aromatic rings. The van der Waals surface area contributed by atoms with Crippen LogP contribution in [0.25, 0.3) is 0 Å². The maximum absolute atomic E-state index is 5.54. The van der Waals surface area contributed by atoms with Crippen molar-refractivity contribution in [2.24, 2.45) is 5.84 Å². The first-order valence-electron chi connectivity index (χ1n) is 5.09. The molecule has 0 spiro atoms. The van der Waals surface area contributed by atoms with Gasteiger partial charge in [-0.25, -0.2) is 5.43 Å². The maximum atomic E-state index is 5.54. The van der Waals surface area contributed by atoms with Crippen LogP contribution in [0.15, 0.2) is 11.8 Å². The molecule has 2 unspecified atom stereocenters. The fraction of sp³-hybridized carbons (Fsp3) is 0.800. The van der Waals surface area contributed by atoms with E-state index in [1.54, 1.807) is 7.11 Å². The average molecular weight is 200 g/mol. The van der Waals surface area contributed by atoms with Gasteiger partial charge in [0.25, 0.3) is 0 Å². The fourth-order valence-corrected chi connectivity index (χ4v) is 1.51. The minimum Gasteiger partial charge on any atom is -0.497 e. The third-order valence-corrected chi connectivity index (χ3v) is 2.48. The van der Waals surface area contributed by atoms with Crippen molar-refractivity contribution in [1.82, 2.24) is 5.43 Å². The van der Waals surface area contributed by atoms with Gasteiger partial charge in [0.15, 0.2) is 0 Å². The fourth-order valence-electron chi connectivity index (χ4n) is 1.51. The van der Waals surface area contributed by atoms with E-state index in [2.05, 4.69) is 11.5 Å². The summed E-state index contributed by atoms with van der Waals surface area (Å²) in [6.07, 6.45) is 5.30. The number of hydrazine groups is 1. The topological polar surface area (TPSA) is 56.5 Å². The van der Waals surface area contributed by atoms with Crippen molar-refractivity contribution in [3.05, 3.63) is 11.8 Å². The molecule has 0 saturated heterocycles. The second-order valence-electron chi connectivity index (χ2n) is 3.60. The quantitative estimate of drug-likeness (QED) is 0.512. The Kier molecular flexibility index (Phi) is 4.93. The van der Waals surface area contributed by atoms with Gasteiger partial charge in [0.1, 0.15) is 5.76 Å². The summed E-state index contributed by atoms with van der Waals surface area (Å²) in [6.45, 7) is 2.82. The molecule has 0 aliphatic carbocycles. The minimum atomic E-state index is 0.0743. The molecule has 0 fully saturated rings. The molecule has 0 aromatic carbocycles. The molecule has 0 aromatic heterocycles. The van der Waals surface area contributed by atoms with Crippen LogP contribution in [0.5, 0.6) is 0 Å². The van der Waals surface area contributed by atoms with E-state index < -0.39 is 0 Å². The Hall–Kier alpha value is -0.580. The van der Waals surface area contributed by atoms with Crippen molar-refractivity contribution in [1.29, 1.82) is 0 Å². The minimum absolute atomic E-state index is 0.0743. The molecule has 0 radical (unpaired) electrons. The van der Waals surface area contributed by atoms with E-state index >= 15 is 0 Å². The number of methoxy groups -OCH3 is 1. The van der Waals surface area contributed by atoms with Gasteiger partial charge in [0.05, 0.1) is 18.8 Å². The third-order valence-electron chi connectivity index (χ3n) is 2.48. The standard InChI is InChI=1S/C10H20N2O2/c1-8(13-2)7-9(12-11)10-5-3-4-6-14-10/h5,8-9,12H,3-4,6-7,11H2,1-2H3. The van der Waals surface area contributed by atoms with Gasteiger partial charge in [-0.05, 0) is 32.3 Å². The molecule has 2 atom stereocenters. The Balaban J connectivity index is 2.47. The Bertz CT molecular complexity index is 195. The van der Waals surface area contributed by atoms with Gasteiger partial charge in [0.2, 0.25) is 0 Å². The van der Waals surface area contributed by atoms with E-state index in [0.29, 0.717) is 0 Å². The summed E-state index contributed by atoms with van der Waals surface area (Å²) in [5.74, 6) is 6.44. The van der Waals surface area contributed by atoms with Crippen LogP contribution in [-0.4, -0.2) is 25.9 Å². The van der Waals surface area contributed by atoms with Crippen LogP contribution in [0.2, 0.25) is 0 Å². The van der Waals surface area contributed by atoms with Crippen LogP contribution in [0.1, 0.15) is 26.2 Å². The van der Waals surface area contributed by atoms with Gasteiger partial charge in [-0.1, -0.05) is 0 Å². The van der Waals surface area contributed by atoms with Crippen LogP contribution in [0, 0.1) is 0 Å². The van der Waals surface area contributed by atoms with Crippen molar-refractivity contribution >= 4 is 0 Å². The van der Waals surface area contributed by atoms with Crippen molar-refractivity contribution in [2.45, 2.75) is 38.3 Å². The highest BCUT2D eigenvalue weighted by Gasteiger charge is 2.18. The number of hydrogen-bond donors (Lipinski definition) is 2. The van der Waals surface area contributed by atoms with Gasteiger partial charge < -0.3 is 9.47 Å². The second kappa shape index (κ2) is 6.01. The van der Waals surface area contributed by atoms with Gasteiger partial charge in [-0.2, -0.15) is 0 Å². The van der Waals surface area contributed by atoms with Crippen LogP contribution in [0.3, 0.4) is 0 Å². The predicted molar refractivity (Wildman–Crippen MR) is 55.5 cm³/mol. The van der Waals surface area contributed by atoms with Crippen molar-refractivity contribution in [3.8, 4) is 0 Å². The first-order valence-corrected chi connectivity index (χ1v) is 5.09. The van der Waals surface area contributed by atoms with Crippen LogP contribution >= 0.6 is 0 Å². The molecule has 1 heterocycles. The summed E-state index contributed by atoms with van der Waals surface area (Å²) < 4.78 is 10.7. The zero-order valence-corrected chi connectivity index (χ0v) is 8.95. The van der Waals surface area contributed by atoms with E-state index in [0.717, 1.165) is 31.6 Å².